The molecule has 2 aliphatic heterocycles. The number of urea groups is 1. The molecule has 2 heterocycles. The zero-order valence-electron chi connectivity index (χ0n) is 16.0. The number of hydrogen-bond donors (Lipinski definition) is 2. The van der Waals surface area contributed by atoms with Crippen molar-refractivity contribution >= 4 is 23.3 Å². The Labute approximate surface area is 165 Å². The van der Waals surface area contributed by atoms with Gasteiger partial charge in [0.05, 0.1) is 0 Å². The molecule has 2 N–H and O–H groups in total. The fraction of sp³-hybridized carbons (Fsp3) is 0.364. The van der Waals surface area contributed by atoms with Gasteiger partial charge in [-0.1, -0.05) is 30.3 Å². The molecule has 6 nitrogen and oxygen atoms in total. The van der Waals surface area contributed by atoms with E-state index >= 15 is 0 Å². The molecule has 0 saturated carbocycles. The van der Waals surface area contributed by atoms with Crippen molar-refractivity contribution in [2.75, 3.05) is 29.9 Å². The first kappa shape index (κ1) is 18.5. The quantitative estimate of drug-likeness (QED) is 0.758. The molecule has 1 fully saturated rings. The minimum Gasteiger partial charge on any atom is -0.338 e. The van der Waals surface area contributed by atoms with Gasteiger partial charge < -0.3 is 15.5 Å². The molecular weight excluding hydrogens is 352 g/mol. The predicted molar refractivity (Wildman–Crippen MR) is 110 cm³/mol. The monoisotopic (exact) mass is 378 g/mol. The largest absolute Gasteiger partial charge is 0.338 e. The van der Waals surface area contributed by atoms with Crippen LogP contribution in [0.5, 0.6) is 0 Å². The maximum absolute atomic E-state index is 12.2. The Kier molecular flexibility index (Phi) is 5.58. The van der Waals surface area contributed by atoms with Gasteiger partial charge in [-0.25, -0.2) is 4.79 Å². The Balaban J connectivity index is 1.20. The summed E-state index contributed by atoms with van der Waals surface area (Å²) in [5, 5.41) is 5.78. The van der Waals surface area contributed by atoms with Crippen LogP contribution in [0.15, 0.2) is 48.5 Å². The van der Waals surface area contributed by atoms with Crippen LogP contribution in [0.2, 0.25) is 0 Å². The van der Waals surface area contributed by atoms with Crippen molar-refractivity contribution in [2.45, 2.75) is 32.4 Å². The van der Waals surface area contributed by atoms with Crippen molar-refractivity contribution in [2.24, 2.45) is 0 Å². The second-order valence-corrected chi connectivity index (χ2v) is 7.41. The Bertz CT molecular complexity index is 842. The number of fused-ring (bicyclic) bond motifs is 1. The molecule has 2 aliphatic rings. The zero-order valence-corrected chi connectivity index (χ0v) is 16.0. The highest BCUT2D eigenvalue weighted by molar-refractivity contribution is 5.96. The van der Waals surface area contributed by atoms with Gasteiger partial charge in [0.15, 0.2) is 0 Å². The third-order valence-corrected chi connectivity index (χ3v) is 5.33. The summed E-state index contributed by atoms with van der Waals surface area (Å²) in [5.41, 5.74) is 4.35. The lowest BCUT2D eigenvalue weighted by atomic mass is 10.1. The van der Waals surface area contributed by atoms with Crippen molar-refractivity contribution in [3.8, 4) is 0 Å². The molecule has 0 aromatic heterocycles. The lowest BCUT2D eigenvalue weighted by Crippen LogP contribution is -2.31. The van der Waals surface area contributed by atoms with E-state index < -0.39 is 0 Å². The van der Waals surface area contributed by atoms with Gasteiger partial charge in [-0.3, -0.25) is 9.69 Å². The molecule has 0 unspecified atom stereocenters. The second-order valence-electron chi connectivity index (χ2n) is 7.41. The molecule has 1 saturated heterocycles. The topological polar surface area (TPSA) is 64.7 Å². The molecule has 2 aromatic carbocycles. The summed E-state index contributed by atoms with van der Waals surface area (Å²) in [6.07, 6.45) is 2.39. The standard InChI is InChI=1S/C22H26N4O2/c27-21-10-4-13-26(21)20-9-3-8-19(14-20)24-22(28)23-11-5-12-25-15-17-6-1-2-7-18(17)16-25/h1-3,6-9,14H,4-5,10-13,15-16H2,(H2,23,24,28). The van der Waals surface area contributed by atoms with Crippen molar-refractivity contribution in [3.05, 3.63) is 59.7 Å². The molecule has 0 spiro atoms. The van der Waals surface area contributed by atoms with E-state index in [4.69, 9.17) is 0 Å². The number of nitrogens with one attached hydrogen (secondary N) is 2. The van der Waals surface area contributed by atoms with Crippen LogP contribution in [-0.4, -0.2) is 36.5 Å². The molecule has 6 heteroatoms. The maximum Gasteiger partial charge on any atom is 0.319 e. The molecule has 4 rings (SSSR count). The van der Waals surface area contributed by atoms with Crippen molar-refractivity contribution in [1.29, 1.82) is 0 Å². The van der Waals surface area contributed by atoms with E-state index in [1.807, 2.05) is 24.3 Å². The maximum atomic E-state index is 12.2. The molecule has 0 radical (unpaired) electrons. The normalized spacial score (nSPS) is 16.3. The van der Waals surface area contributed by atoms with Gasteiger partial charge in [-0.05, 0) is 42.2 Å². The number of rotatable bonds is 6. The fourth-order valence-corrected chi connectivity index (χ4v) is 3.91. The van der Waals surface area contributed by atoms with Gasteiger partial charge in [-0.2, -0.15) is 0 Å². The number of carbonyl (C=O) groups is 2. The summed E-state index contributed by atoms with van der Waals surface area (Å²) >= 11 is 0. The molecule has 3 amide bonds. The number of carbonyl (C=O) groups excluding carboxylic acids is 2. The van der Waals surface area contributed by atoms with Gasteiger partial charge in [0.1, 0.15) is 0 Å². The molecule has 146 valence electrons. The number of benzene rings is 2. The molecule has 0 aliphatic carbocycles. The molecule has 0 bridgehead atoms. The van der Waals surface area contributed by atoms with Crippen LogP contribution in [-0.2, 0) is 17.9 Å². The third-order valence-electron chi connectivity index (χ3n) is 5.33. The number of amides is 3. The molecule has 0 atom stereocenters. The summed E-state index contributed by atoms with van der Waals surface area (Å²) in [6.45, 7) is 4.31. The number of hydrogen-bond acceptors (Lipinski definition) is 3. The van der Waals surface area contributed by atoms with E-state index in [9.17, 15) is 9.59 Å². The summed E-state index contributed by atoms with van der Waals surface area (Å²) in [6, 6.07) is 15.8. The zero-order chi connectivity index (χ0) is 19.3. The number of nitrogens with zero attached hydrogens (tertiary/aromatic N) is 2. The highest BCUT2D eigenvalue weighted by Crippen LogP contribution is 2.24. The van der Waals surface area contributed by atoms with E-state index in [0.29, 0.717) is 18.7 Å². The van der Waals surface area contributed by atoms with E-state index in [0.717, 1.165) is 44.7 Å². The van der Waals surface area contributed by atoms with Gasteiger partial charge in [-0.15, -0.1) is 0 Å². The summed E-state index contributed by atoms with van der Waals surface area (Å²) in [7, 11) is 0. The lowest BCUT2D eigenvalue weighted by Gasteiger charge is -2.17. The van der Waals surface area contributed by atoms with Crippen LogP contribution in [0.4, 0.5) is 16.2 Å². The Morgan fingerprint density at radius 2 is 1.82 bits per heavy atom. The highest BCUT2D eigenvalue weighted by Gasteiger charge is 2.22. The average Bonchev–Trinajstić information content (AvgIpc) is 3.31. The van der Waals surface area contributed by atoms with E-state index in [1.165, 1.54) is 11.1 Å². The predicted octanol–water partition coefficient (Wildman–Crippen LogP) is 3.34. The van der Waals surface area contributed by atoms with Gasteiger partial charge >= 0.3 is 6.03 Å². The minimum atomic E-state index is -0.213. The van der Waals surface area contributed by atoms with Crippen molar-refractivity contribution < 1.29 is 9.59 Å². The van der Waals surface area contributed by atoms with E-state index in [-0.39, 0.29) is 11.9 Å². The first-order chi connectivity index (χ1) is 13.7. The average molecular weight is 378 g/mol. The summed E-state index contributed by atoms with van der Waals surface area (Å²) in [4.78, 5) is 28.2. The van der Waals surface area contributed by atoms with Crippen molar-refractivity contribution in [3.63, 3.8) is 0 Å². The fourth-order valence-electron chi connectivity index (χ4n) is 3.91. The third kappa shape index (κ3) is 4.34. The van der Waals surface area contributed by atoms with Crippen LogP contribution in [0.1, 0.15) is 30.4 Å². The smallest absolute Gasteiger partial charge is 0.319 e. The number of anilines is 2. The van der Waals surface area contributed by atoms with Gasteiger partial charge in [0, 0.05) is 50.5 Å². The van der Waals surface area contributed by atoms with E-state index in [1.54, 1.807) is 4.90 Å². The first-order valence-electron chi connectivity index (χ1n) is 9.93. The Morgan fingerprint density at radius 3 is 2.54 bits per heavy atom. The van der Waals surface area contributed by atoms with Crippen molar-refractivity contribution in [1.82, 2.24) is 10.2 Å². The van der Waals surface area contributed by atoms with Gasteiger partial charge in [0.25, 0.3) is 0 Å². The summed E-state index contributed by atoms with van der Waals surface area (Å²) < 4.78 is 0. The molecular formula is C22H26N4O2. The molecule has 2 aromatic rings. The van der Waals surface area contributed by atoms with Crippen LogP contribution >= 0.6 is 0 Å². The highest BCUT2D eigenvalue weighted by atomic mass is 16.2. The Morgan fingerprint density at radius 1 is 1.04 bits per heavy atom. The van der Waals surface area contributed by atoms with Crippen LogP contribution < -0.4 is 15.5 Å². The lowest BCUT2D eigenvalue weighted by molar-refractivity contribution is -0.117. The van der Waals surface area contributed by atoms with Crippen LogP contribution in [0.25, 0.3) is 0 Å². The SMILES string of the molecule is O=C(NCCCN1Cc2ccccc2C1)Nc1cccc(N2CCCC2=O)c1. The summed E-state index contributed by atoms with van der Waals surface area (Å²) in [5.74, 6) is 0.144. The Hall–Kier alpha value is -2.86. The minimum absolute atomic E-state index is 0.144. The van der Waals surface area contributed by atoms with Gasteiger partial charge in [0.2, 0.25) is 5.91 Å². The second kappa shape index (κ2) is 8.44. The van der Waals surface area contributed by atoms with Crippen LogP contribution in [0.3, 0.4) is 0 Å². The molecule has 28 heavy (non-hydrogen) atoms. The van der Waals surface area contributed by atoms with E-state index in [2.05, 4.69) is 39.8 Å². The first-order valence-corrected chi connectivity index (χ1v) is 9.93. The van der Waals surface area contributed by atoms with Crippen LogP contribution in [0, 0.1) is 0 Å².